The molecule has 0 radical (unpaired) electrons. The number of aromatic nitrogens is 2. The molecule has 1 saturated heterocycles. The van der Waals surface area contributed by atoms with E-state index in [1.54, 1.807) is 0 Å². The van der Waals surface area contributed by atoms with Gasteiger partial charge in [0, 0.05) is 21.5 Å². The van der Waals surface area contributed by atoms with Gasteiger partial charge in [-0.05, 0) is 32.0 Å². The van der Waals surface area contributed by atoms with E-state index in [0.29, 0.717) is 17.0 Å². The van der Waals surface area contributed by atoms with Crippen LogP contribution in [0.2, 0.25) is 5.02 Å². The lowest BCUT2D eigenvalue weighted by Gasteiger charge is -2.23. The quantitative estimate of drug-likeness (QED) is 0.682. The average Bonchev–Trinajstić information content (AvgIpc) is 3.02. The molecule has 3 heterocycles. The van der Waals surface area contributed by atoms with E-state index in [-0.39, 0.29) is 5.56 Å². The normalized spacial score (nSPS) is 16.5. The van der Waals surface area contributed by atoms with Crippen molar-refractivity contribution in [2.75, 3.05) is 13.1 Å². The molecule has 4 nitrogen and oxygen atoms in total. The Morgan fingerprint density at radius 3 is 2.58 bits per heavy atom. The average molecular weight is 388 g/mol. The lowest BCUT2D eigenvalue weighted by Crippen LogP contribution is -2.28. The zero-order valence-electron chi connectivity index (χ0n) is 14.6. The maximum absolute atomic E-state index is 12.8. The Morgan fingerprint density at radius 1 is 1.08 bits per heavy atom. The summed E-state index contributed by atoms with van der Waals surface area (Å²) in [5.41, 5.74) is 1.67. The molecule has 26 heavy (non-hydrogen) atoms. The summed E-state index contributed by atoms with van der Waals surface area (Å²) >= 11 is 7.83. The van der Waals surface area contributed by atoms with Crippen LogP contribution in [0.25, 0.3) is 21.3 Å². The Kier molecular flexibility index (Phi) is 5.38. The highest BCUT2D eigenvalue weighted by molar-refractivity contribution is 7.17. The first-order chi connectivity index (χ1) is 12.7. The van der Waals surface area contributed by atoms with Gasteiger partial charge in [0.25, 0.3) is 5.56 Å². The molecule has 0 unspecified atom stereocenters. The fourth-order valence-corrected chi connectivity index (χ4v) is 4.82. The van der Waals surface area contributed by atoms with Crippen LogP contribution in [-0.4, -0.2) is 28.0 Å². The number of hydrogen-bond donors (Lipinski definition) is 1. The van der Waals surface area contributed by atoms with E-state index < -0.39 is 0 Å². The summed E-state index contributed by atoms with van der Waals surface area (Å²) in [4.78, 5) is 23.7. The van der Waals surface area contributed by atoms with Crippen molar-refractivity contribution >= 4 is 33.2 Å². The molecule has 0 bridgehead atoms. The number of halogens is 1. The number of nitrogens with one attached hydrogen (secondary N) is 1. The van der Waals surface area contributed by atoms with Crippen LogP contribution in [0.15, 0.2) is 34.4 Å². The van der Waals surface area contributed by atoms with Crippen LogP contribution in [-0.2, 0) is 6.54 Å². The largest absolute Gasteiger partial charge is 0.309 e. The first-order valence-electron chi connectivity index (χ1n) is 9.20. The standard InChI is InChI=1S/C20H22ClN3OS/c21-16-9-5-4-8-14(16)15-13-26-20-18(15)19(25)22-17(23-20)12-24-10-6-2-1-3-7-11-24/h4-5,8-9,13H,1-3,6-7,10-12H2,(H,22,23,25). The SMILES string of the molecule is O=c1[nH]c(CN2CCCCCCC2)nc2scc(-c3ccccc3Cl)c12. The lowest BCUT2D eigenvalue weighted by molar-refractivity contribution is 0.234. The third kappa shape index (κ3) is 3.70. The van der Waals surface area contributed by atoms with Crippen molar-refractivity contribution in [3.8, 4) is 11.1 Å². The second kappa shape index (κ2) is 7.91. The van der Waals surface area contributed by atoms with Crippen LogP contribution >= 0.6 is 22.9 Å². The summed E-state index contributed by atoms with van der Waals surface area (Å²) in [7, 11) is 0. The predicted molar refractivity (Wildman–Crippen MR) is 109 cm³/mol. The van der Waals surface area contributed by atoms with Crippen molar-refractivity contribution in [3.05, 3.63) is 50.8 Å². The number of H-pyrrole nitrogens is 1. The predicted octanol–water partition coefficient (Wildman–Crippen LogP) is 5.07. The minimum atomic E-state index is -0.0757. The molecule has 1 aromatic carbocycles. The molecule has 136 valence electrons. The van der Waals surface area contributed by atoms with Gasteiger partial charge in [-0.15, -0.1) is 11.3 Å². The molecule has 0 aliphatic carbocycles. The van der Waals surface area contributed by atoms with Gasteiger partial charge in [-0.3, -0.25) is 9.69 Å². The van der Waals surface area contributed by atoms with Crippen molar-refractivity contribution in [1.29, 1.82) is 0 Å². The molecule has 1 fully saturated rings. The maximum Gasteiger partial charge on any atom is 0.260 e. The van der Waals surface area contributed by atoms with Crippen LogP contribution in [0.1, 0.15) is 37.9 Å². The van der Waals surface area contributed by atoms with Gasteiger partial charge in [-0.2, -0.15) is 0 Å². The third-order valence-corrected chi connectivity index (χ3v) is 6.18. The molecular weight excluding hydrogens is 366 g/mol. The number of aromatic amines is 1. The second-order valence-electron chi connectivity index (χ2n) is 6.87. The molecule has 4 rings (SSSR count). The lowest BCUT2D eigenvalue weighted by atomic mass is 10.1. The van der Waals surface area contributed by atoms with E-state index in [2.05, 4.69) is 9.88 Å². The fraction of sp³-hybridized carbons (Fsp3) is 0.400. The van der Waals surface area contributed by atoms with Gasteiger partial charge in [0.05, 0.1) is 11.9 Å². The summed E-state index contributed by atoms with van der Waals surface area (Å²) in [6.07, 6.45) is 6.39. The summed E-state index contributed by atoms with van der Waals surface area (Å²) in [6.45, 7) is 2.87. The van der Waals surface area contributed by atoms with E-state index in [9.17, 15) is 4.79 Å². The van der Waals surface area contributed by atoms with E-state index in [0.717, 1.165) is 34.9 Å². The molecule has 6 heteroatoms. The topological polar surface area (TPSA) is 49.0 Å². The van der Waals surface area contributed by atoms with Crippen molar-refractivity contribution in [2.45, 2.75) is 38.6 Å². The first kappa shape index (κ1) is 17.7. The zero-order valence-corrected chi connectivity index (χ0v) is 16.2. The first-order valence-corrected chi connectivity index (χ1v) is 10.5. The minimum Gasteiger partial charge on any atom is -0.309 e. The molecule has 1 aliphatic rings. The van der Waals surface area contributed by atoms with E-state index >= 15 is 0 Å². The van der Waals surface area contributed by atoms with Crippen LogP contribution in [0, 0.1) is 0 Å². The molecule has 2 aromatic heterocycles. The summed E-state index contributed by atoms with van der Waals surface area (Å²) < 4.78 is 0. The highest BCUT2D eigenvalue weighted by atomic mass is 35.5. The minimum absolute atomic E-state index is 0.0757. The Labute approximate surface area is 161 Å². The Hall–Kier alpha value is -1.69. The summed E-state index contributed by atoms with van der Waals surface area (Å²) in [5, 5.41) is 3.27. The maximum atomic E-state index is 12.8. The molecule has 0 amide bonds. The Morgan fingerprint density at radius 2 is 1.81 bits per heavy atom. The Balaban J connectivity index is 1.66. The highest BCUT2D eigenvalue weighted by Gasteiger charge is 2.16. The van der Waals surface area contributed by atoms with Crippen molar-refractivity contribution in [2.24, 2.45) is 0 Å². The number of thiophene rings is 1. The van der Waals surface area contributed by atoms with Crippen LogP contribution in [0.4, 0.5) is 0 Å². The molecule has 0 atom stereocenters. The molecule has 3 aromatic rings. The zero-order chi connectivity index (χ0) is 17.9. The van der Waals surface area contributed by atoms with Gasteiger partial charge in [-0.1, -0.05) is 49.1 Å². The molecule has 0 saturated carbocycles. The third-order valence-electron chi connectivity index (χ3n) is 4.98. The number of benzene rings is 1. The van der Waals surface area contributed by atoms with Crippen molar-refractivity contribution in [1.82, 2.24) is 14.9 Å². The van der Waals surface area contributed by atoms with Crippen molar-refractivity contribution in [3.63, 3.8) is 0 Å². The number of hydrogen-bond acceptors (Lipinski definition) is 4. The molecular formula is C20H22ClN3OS. The Bertz CT molecular complexity index is 957. The van der Waals surface area contributed by atoms with E-state index in [1.807, 2.05) is 29.6 Å². The summed E-state index contributed by atoms with van der Waals surface area (Å²) in [5.74, 6) is 0.760. The number of fused-ring (bicyclic) bond motifs is 1. The smallest absolute Gasteiger partial charge is 0.260 e. The van der Waals surface area contributed by atoms with E-state index in [1.165, 1.54) is 43.4 Å². The van der Waals surface area contributed by atoms with Crippen molar-refractivity contribution < 1.29 is 0 Å². The summed E-state index contributed by atoms with van der Waals surface area (Å²) in [6, 6.07) is 7.61. The van der Waals surface area contributed by atoms with Gasteiger partial charge in [0.2, 0.25) is 0 Å². The van der Waals surface area contributed by atoms with Gasteiger partial charge in [0.1, 0.15) is 10.7 Å². The van der Waals surface area contributed by atoms with Gasteiger partial charge in [0.15, 0.2) is 0 Å². The highest BCUT2D eigenvalue weighted by Crippen LogP contribution is 2.34. The van der Waals surface area contributed by atoms with E-state index in [4.69, 9.17) is 16.6 Å². The number of likely N-dealkylation sites (tertiary alicyclic amines) is 1. The fourth-order valence-electron chi connectivity index (χ4n) is 3.63. The van der Waals surface area contributed by atoms with Crippen LogP contribution in [0.5, 0.6) is 0 Å². The monoisotopic (exact) mass is 387 g/mol. The van der Waals surface area contributed by atoms with Gasteiger partial charge >= 0.3 is 0 Å². The number of rotatable bonds is 3. The molecule has 1 aliphatic heterocycles. The van der Waals surface area contributed by atoms with Gasteiger partial charge < -0.3 is 4.98 Å². The van der Waals surface area contributed by atoms with Crippen LogP contribution in [0.3, 0.4) is 0 Å². The molecule has 1 N–H and O–H groups in total. The second-order valence-corrected chi connectivity index (χ2v) is 8.13. The van der Waals surface area contributed by atoms with Crippen LogP contribution < -0.4 is 5.56 Å². The molecule has 0 spiro atoms. The van der Waals surface area contributed by atoms with Gasteiger partial charge in [-0.25, -0.2) is 4.98 Å². The number of nitrogens with zero attached hydrogens (tertiary/aromatic N) is 2.